The molecular weight excluding hydrogens is 492 g/mol. The van der Waals surface area contributed by atoms with Crippen molar-refractivity contribution >= 4 is 5.97 Å². The predicted octanol–water partition coefficient (Wildman–Crippen LogP) is 6.32. The third kappa shape index (κ3) is 6.27. The van der Waals surface area contributed by atoms with Crippen LogP contribution in [0.15, 0.2) is 109 Å². The van der Waals surface area contributed by atoms with Crippen LogP contribution in [0, 0.1) is 0 Å². The number of carbonyl (C=O) groups is 1. The molecular formula is C32H28N2O5. The standard InChI is InChI=1S/C32H28N2O5/c1-37-30-15-9-8-14-26(30)29-19-28(33-34(29)20-23-10-4-2-5-11-23)27-18-25(16-17-31(27)39-22-32(35)36)38-21-24-12-6-3-7-13-24/h2-19H,20-22H2,1H3,(H,35,36). The Kier molecular flexibility index (Phi) is 7.88. The van der Waals surface area contributed by atoms with Crippen molar-refractivity contribution < 1.29 is 24.1 Å². The van der Waals surface area contributed by atoms with Gasteiger partial charge in [0.2, 0.25) is 0 Å². The van der Waals surface area contributed by atoms with E-state index in [0.717, 1.165) is 28.1 Å². The Hall–Kier alpha value is -5.04. The summed E-state index contributed by atoms with van der Waals surface area (Å²) in [5.74, 6) is 0.684. The van der Waals surface area contributed by atoms with Gasteiger partial charge in [-0.2, -0.15) is 5.10 Å². The molecule has 1 heterocycles. The number of nitrogens with zero attached hydrogens (tertiary/aromatic N) is 2. The summed E-state index contributed by atoms with van der Waals surface area (Å²) in [6.07, 6.45) is 0. The van der Waals surface area contributed by atoms with Gasteiger partial charge < -0.3 is 19.3 Å². The lowest BCUT2D eigenvalue weighted by atomic mass is 10.1. The van der Waals surface area contributed by atoms with Crippen molar-refractivity contribution in [2.24, 2.45) is 0 Å². The van der Waals surface area contributed by atoms with E-state index in [1.165, 1.54) is 0 Å². The molecule has 0 saturated heterocycles. The van der Waals surface area contributed by atoms with E-state index in [1.807, 2.05) is 102 Å². The fraction of sp³-hybridized carbons (Fsp3) is 0.125. The number of carboxylic acid groups (broad SMARTS) is 1. The maximum Gasteiger partial charge on any atom is 0.341 e. The number of rotatable bonds is 11. The molecule has 0 aliphatic rings. The first kappa shape index (κ1) is 25.6. The molecule has 39 heavy (non-hydrogen) atoms. The molecule has 0 radical (unpaired) electrons. The largest absolute Gasteiger partial charge is 0.496 e. The van der Waals surface area contributed by atoms with E-state index in [1.54, 1.807) is 19.2 Å². The Morgan fingerprint density at radius 2 is 1.46 bits per heavy atom. The topological polar surface area (TPSA) is 82.8 Å². The number of ether oxygens (including phenoxy) is 3. The Bertz CT molecular complexity index is 1550. The van der Waals surface area contributed by atoms with Crippen LogP contribution in [-0.2, 0) is 17.9 Å². The first-order chi connectivity index (χ1) is 19.1. The molecule has 0 aliphatic heterocycles. The number of aromatic nitrogens is 2. The predicted molar refractivity (Wildman–Crippen MR) is 149 cm³/mol. The van der Waals surface area contributed by atoms with Crippen molar-refractivity contribution in [2.75, 3.05) is 13.7 Å². The number of hydrogen-bond acceptors (Lipinski definition) is 5. The summed E-state index contributed by atoms with van der Waals surface area (Å²) in [5.41, 5.74) is 5.12. The summed E-state index contributed by atoms with van der Waals surface area (Å²) in [4.78, 5) is 11.3. The van der Waals surface area contributed by atoms with Gasteiger partial charge in [0.25, 0.3) is 0 Å². The average Bonchev–Trinajstić information content (AvgIpc) is 3.39. The molecule has 0 amide bonds. The molecule has 0 fully saturated rings. The number of aliphatic carboxylic acids is 1. The van der Waals surface area contributed by atoms with E-state index in [2.05, 4.69) is 0 Å². The van der Waals surface area contributed by atoms with Gasteiger partial charge in [-0.1, -0.05) is 72.8 Å². The minimum atomic E-state index is -1.06. The van der Waals surface area contributed by atoms with Gasteiger partial charge in [-0.3, -0.25) is 4.68 Å². The van der Waals surface area contributed by atoms with Crippen molar-refractivity contribution in [1.82, 2.24) is 9.78 Å². The van der Waals surface area contributed by atoms with Crippen molar-refractivity contribution in [1.29, 1.82) is 0 Å². The van der Waals surface area contributed by atoms with Crippen molar-refractivity contribution in [3.8, 4) is 39.8 Å². The Labute approximate surface area is 226 Å². The van der Waals surface area contributed by atoms with Crippen LogP contribution in [0.3, 0.4) is 0 Å². The van der Waals surface area contributed by atoms with Gasteiger partial charge in [-0.25, -0.2) is 4.79 Å². The first-order valence-electron chi connectivity index (χ1n) is 12.5. The Morgan fingerprint density at radius 1 is 0.769 bits per heavy atom. The molecule has 7 heteroatoms. The zero-order valence-electron chi connectivity index (χ0n) is 21.5. The highest BCUT2D eigenvalue weighted by Gasteiger charge is 2.19. The van der Waals surface area contributed by atoms with Crippen LogP contribution in [0.1, 0.15) is 11.1 Å². The van der Waals surface area contributed by atoms with E-state index in [9.17, 15) is 9.90 Å². The second kappa shape index (κ2) is 12.0. The van der Waals surface area contributed by atoms with Crippen molar-refractivity contribution in [2.45, 2.75) is 13.2 Å². The van der Waals surface area contributed by atoms with Crippen molar-refractivity contribution in [3.05, 3.63) is 120 Å². The van der Waals surface area contributed by atoms with E-state index in [4.69, 9.17) is 19.3 Å². The number of para-hydroxylation sites is 1. The lowest BCUT2D eigenvalue weighted by Gasteiger charge is -2.12. The molecule has 1 aromatic heterocycles. The maximum atomic E-state index is 11.3. The zero-order chi connectivity index (χ0) is 27.0. The highest BCUT2D eigenvalue weighted by Crippen LogP contribution is 2.37. The van der Waals surface area contributed by atoms with Crippen LogP contribution in [-0.4, -0.2) is 34.6 Å². The first-order valence-corrected chi connectivity index (χ1v) is 12.5. The SMILES string of the molecule is COc1ccccc1-c1cc(-c2cc(OCc3ccccc3)ccc2OCC(=O)O)nn1Cc1ccccc1. The molecule has 0 unspecified atom stereocenters. The number of carboxylic acids is 1. The molecule has 0 spiro atoms. The quantitative estimate of drug-likeness (QED) is 0.220. The number of hydrogen-bond donors (Lipinski definition) is 1. The van der Waals surface area contributed by atoms with Crippen LogP contribution in [0.25, 0.3) is 22.5 Å². The monoisotopic (exact) mass is 520 g/mol. The lowest BCUT2D eigenvalue weighted by molar-refractivity contribution is -0.139. The second-order valence-electron chi connectivity index (χ2n) is 8.87. The molecule has 5 aromatic rings. The summed E-state index contributed by atoms with van der Waals surface area (Å²) in [7, 11) is 1.64. The smallest absolute Gasteiger partial charge is 0.341 e. The molecule has 1 N–H and O–H groups in total. The van der Waals surface area contributed by atoms with Gasteiger partial charge in [0, 0.05) is 11.1 Å². The highest BCUT2D eigenvalue weighted by molar-refractivity contribution is 5.77. The average molecular weight is 521 g/mol. The number of methoxy groups -OCH3 is 1. The van der Waals surface area contributed by atoms with Gasteiger partial charge in [-0.15, -0.1) is 0 Å². The van der Waals surface area contributed by atoms with E-state index >= 15 is 0 Å². The fourth-order valence-electron chi connectivity index (χ4n) is 4.30. The van der Waals surface area contributed by atoms with E-state index < -0.39 is 12.6 Å². The third-order valence-electron chi connectivity index (χ3n) is 6.16. The normalized spacial score (nSPS) is 10.7. The Balaban J connectivity index is 1.57. The molecule has 0 aliphatic carbocycles. The van der Waals surface area contributed by atoms with E-state index in [-0.39, 0.29) is 0 Å². The van der Waals surface area contributed by atoms with Crippen LogP contribution >= 0.6 is 0 Å². The summed E-state index contributed by atoms with van der Waals surface area (Å²) in [6.45, 7) is 0.454. The highest BCUT2D eigenvalue weighted by atomic mass is 16.5. The molecule has 0 bridgehead atoms. The summed E-state index contributed by atoms with van der Waals surface area (Å²) in [6, 6.07) is 35.0. The number of benzene rings is 4. The molecule has 0 saturated carbocycles. The fourth-order valence-corrected chi connectivity index (χ4v) is 4.30. The van der Waals surface area contributed by atoms with Crippen LogP contribution in [0.4, 0.5) is 0 Å². The molecule has 0 atom stereocenters. The summed E-state index contributed by atoms with van der Waals surface area (Å²) >= 11 is 0. The molecule has 7 nitrogen and oxygen atoms in total. The maximum absolute atomic E-state index is 11.3. The van der Waals surface area contributed by atoms with E-state index in [0.29, 0.717) is 35.9 Å². The van der Waals surface area contributed by atoms with Crippen LogP contribution < -0.4 is 14.2 Å². The summed E-state index contributed by atoms with van der Waals surface area (Å²) < 4.78 is 19.3. The van der Waals surface area contributed by atoms with Crippen LogP contribution in [0.2, 0.25) is 0 Å². The summed E-state index contributed by atoms with van der Waals surface area (Å²) in [5, 5.41) is 14.2. The minimum Gasteiger partial charge on any atom is -0.496 e. The van der Waals surface area contributed by atoms with Gasteiger partial charge in [0.1, 0.15) is 23.9 Å². The zero-order valence-corrected chi connectivity index (χ0v) is 21.5. The van der Waals surface area contributed by atoms with Crippen LogP contribution in [0.5, 0.6) is 17.2 Å². The van der Waals surface area contributed by atoms with Gasteiger partial charge in [0.05, 0.1) is 25.0 Å². The lowest BCUT2D eigenvalue weighted by Crippen LogP contribution is -2.10. The molecule has 4 aromatic carbocycles. The van der Waals surface area contributed by atoms with Gasteiger partial charge >= 0.3 is 5.97 Å². The molecule has 5 rings (SSSR count). The van der Waals surface area contributed by atoms with Crippen molar-refractivity contribution in [3.63, 3.8) is 0 Å². The molecule has 196 valence electrons. The Morgan fingerprint density at radius 3 is 2.18 bits per heavy atom. The third-order valence-corrected chi connectivity index (χ3v) is 6.16. The second-order valence-corrected chi connectivity index (χ2v) is 8.87. The minimum absolute atomic E-state index is 0.393. The van der Waals surface area contributed by atoms with Gasteiger partial charge in [0.15, 0.2) is 6.61 Å². The van der Waals surface area contributed by atoms with Gasteiger partial charge in [-0.05, 0) is 47.5 Å².